The summed E-state index contributed by atoms with van der Waals surface area (Å²) in [5.74, 6) is 0. The van der Waals surface area contributed by atoms with Crippen LogP contribution in [-0.2, 0) is 0 Å². The number of rotatable bonds is 2. The fraction of sp³-hybridized carbons (Fsp3) is 0.0455. The lowest BCUT2D eigenvalue weighted by Gasteiger charge is -2.15. The Morgan fingerprint density at radius 3 is 1.96 bits per heavy atom. The van der Waals surface area contributed by atoms with E-state index >= 15 is 0 Å². The van der Waals surface area contributed by atoms with Crippen LogP contribution in [0.3, 0.4) is 0 Å². The molecule has 0 aliphatic rings. The second kappa shape index (κ2) is 9.72. The standard InChI is InChI=1S/C44H28N2O/c1-25-21-35(40-18-16-28-14-13-27-8-7-19-45-43(27)44(28)46-40)26(2)20-34(25)29-15-17-32-36(22-29)30-9-3-4-10-31(30)37-23-39-33-11-5-6-12-41(33)47-42(39)24-38(32)37/h3-24H,1-2H3. The summed E-state index contributed by atoms with van der Waals surface area (Å²) in [7, 11) is 0. The number of para-hydroxylation sites is 1. The zero-order valence-corrected chi connectivity index (χ0v) is 26.0. The average Bonchev–Trinajstić information content (AvgIpc) is 3.49. The highest BCUT2D eigenvalue weighted by molar-refractivity contribution is 6.28. The van der Waals surface area contributed by atoms with E-state index in [1.165, 1.54) is 54.6 Å². The van der Waals surface area contributed by atoms with Gasteiger partial charge in [-0.05, 0) is 111 Å². The number of furan rings is 1. The van der Waals surface area contributed by atoms with Crippen LogP contribution in [0.5, 0.6) is 0 Å². The van der Waals surface area contributed by atoms with E-state index in [-0.39, 0.29) is 0 Å². The van der Waals surface area contributed by atoms with Crippen LogP contribution in [0, 0.1) is 13.8 Å². The molecular formula is C44H28N2O. The molecule has 0 radical (unpaired) electrons. The molecule has 0 aliphatic carbocycles. The maximum absolute atomic E-state index is 6.33. The van der Waals surface area contributed by atoms with Gasteiger partial charge in [0, 0.05) is 33.3 Å². The second-order valence-electron chi connectivity index (χ2n) is 12.7. The SMILES string of the molecule is Cc1cc(-c2ccc3ccc4cccnc4c3n2)c(C)cc1-c1ccc2c(c1)c1ccccc1c1cc3c(cc21)oc1ccccc13. The largest absolute Gasteiger partial charge is 0.456 e. The zero-order chi connectivity index (χ0) is 31.2. The van der Waals surface area contributed by atoms with Crippen molar-refractivity contribution in [2.24, 2.45) is 0 Å². The van der Waals surface area contributed by atoms with Crippen LogP contribution in [0.2, 0.25) is 0 Å². The van der Waals surface area contributed by atoms with E-state index in [9.17, 15) is 0 Å². The minimum atomic E-state index is 0.923. The molecule has 0 unspecified atom stereocenters. The fourth-order valence-electron chi connectivity index (χ4n) is 7.62. The smallest absolute Gasteiger partial charge is 0.136 e. The normalized spacial score (nSPS) is 12.0. The van der Waals surface area contributed by atoms with Gasteiger partial charge < -0.3 is 4.42 Å². The zero-order valence-electron chi connectivity index (χ0n) is 26.0. The van der Waals surface area contributed by atoms with Crippen molar-refractivity contribution in [1.82, 2.24) is 9.97 Å². The summed E-state index contributed by atoms with van der Waals surface area (Å²) >= 11 is 0. The number of fused-ring (bicyclic) bond motifs is 12. The number of aryl methyl sites for hydroxylation is 2. The van der Waals surface area contributed by atoms with Crippen LogP contribution < -0.4 is 0 Å². The highest BCUT2D eigenvalue weighted by Crippen LogP contribution is 2.42. The molecule has 0 saturated heterocycles. The molecule has 0 saturated carbocycles. The van der Waals surface area contributed by atoms with Crippen molar-refractivity contribution in [2.75, 3.05) is 0 Å². The summed E-state index contributed by atoms with van der Waals surface area (Å²) in [6, 6.07) is 45.8. The Kier molecular flexibility index (Phi) is 5.41. The van der Waals surface area contributed by atoms with Gasteiger partial charge in [-0.2, -0.15) is 0 Å². The number of hydrogen-bond donors (Lipinski definition) is 0. The molecule has 0 N–H and O–H groups in total. The van der Waals surface area contributed by atoms with Gasteiger partial charge in [0.05, 0.1) is 16.7 Å². The highest BCUT2D eigenvalue weighted by atomic mass is 16.3. The quantitative estimate of drug-likeness (QED) is 0.185. The predicted molar refractivity (Wildman–Crippen MR) is 197 cm³/mol. The van der Waals surface area contributed by atoms with Crippen molar-refractivity contribution in [2.45, 2.75) is 13.8 Å². The Morgan fingerprint density at radius 1 is 0.447 bits per heavy atom. The third-order valence-electron chi connectivity index (χ3n) is 9.92. The Bertz CT molecular complexity index is 2930. The molecule has 3 heterocycles. The van der Waals surface area contributed by atoms with Crippen LogP contribution in [0.1, 0.15) is 11.1 Å². The van der Waals surface area contributed by atoms with Crippen molar-refractivity contribution in [3.63, 3.8) is 0 Å². The molecule has 3 heteroatoms. The minimum absolute atomic E-state index is 0.923. The molecular weight excluding hydrogens is 572 g/mol. The van der Waals surface area contributed by atoms with Crippen LogP contribution in [0.25, 0.3) is 98.4 Å². The van der Waals surface area contributed by atoms with Crippen molar-refractivity contribution >= 4 is 76.1 Å². The molecule has 220 valence electrons. The fourth-order valence-corrected chi connectivity index (χ4v) is 7.62. The minimum Gasteiger partial charge on any atom is -0.456 e. The molecule has 10 rings (SSSR count). The molecule has 47 heavy (non-hydrogen) atoms. The van der Waals surface area contributed by atoms with Gasteiger partial charge >= 0.3 is 0 Å². The Hall–Kier alpha value is -6.06. The molecule has 0 amide bonds. The first-order valence-electron chi connectivity index (χ1n) is 16.1. The van der Waals surface area contributed by atoms with Crippen LogP contribution in [-0.4, -0.2) is 9.97 Å². The van der Waals surface area contributed by atoms with Gasteiger partial charge in [-0.3, -0.25) is 4.98 Å². The van der Waals surface area contributed by atoms with Gasteiger partial charge in [0.15, 0.2) is 0 Å². The molecule has 3 nitrogen and oxygen atoms in total. The number of hydrogen-bond acceptors (Lipinski definition) is 3. The van der Waals surface area contributed by atoms with Gasteiger partial charge in [-0.15, -0.1) is 0 Å². The molecule has 0 bridgehead atoms. The third kappa shape index (κ3) is 3.87. The van der Waals surface area contributed by atoms with E-state index < -0.39 is 0 Å². The first-order chi connectivity index (χ1) is 23.1. The number of benzene rings is 7. The summed E-state index contributed by atoms with van der Waals surface area (Å²) in [6.45, 7) is 4.39. The van der Waals surface area contributed by atoms with Gasteiger partial charge in [-0.25, -0.2) is 4.98 Å². The average molecular weight is 601 g/mol. The summed E-state index contributed by atoms with van der Waals surface area (Å²) in [5, 5.41) is 12.0. The molecule has 0 aliphatic heterocycles. The first-order valence-corrected chi connectivity index (χ1v) is 16.1. The van der Waals surface area contributed by atoms with E-state index in [0.29, 0.717) is 0 Å². The maximum atomic E-state index is 6.33. The van der Waals surface area contributed by atoms with Crippen molar-refractivity contribution in [1.29, 1.82) is 0 Å². The highest BCUT2D eigenvalue weighted by Gasteiger charge is 2.16. The predicted octanol–water partition coefficient (Wildman–Crippen LogP) is 12.1. The number of aromatic nitrogens is 2. The Labute approximate surface area is 270 Å². The molecule has 7 aromatic carbocycles. The molecule has 0 atom stereocenters. The Morgan fingerprint density at radius 2 is 1.11 bits per heavy atom. The summed E-state index contributed by atoms with van der Waals surface area (Å²) < 4.78 is 6.33. The molecule has 3 aromatic heterocycles. The Balaban J connectivity index is 1.16. The molecule has 0 spiro atoms. The van der Waals surface area contributed by atoms with Crippen molar-refractivity contribution < 1.29 is 4.42 Å². The van der Waals surface area contributed by atoms with Gasteiger partial charge in [0.1, 0.15) is 11.2 Å². The van der Waals surface area contributed by atoms with Crippen LogP contribution >= 0.6 is 0 Å². The van der Waals surface area contributed by atoms with E-state index in [0.717, 1.165) is 55.0 Å². The lowest BCUT2D eigenvalue weighted by molar-refractivity contribution is 0.669. The topological polar surface area (TPSA) is 38.9 Å². The van der Waals surface area contributed by atoms with Crippen molar-refractivity contribution in [3.05, 3.63) is 145 Å². The van der Waals surface area contributed by atoms with Crippen molar-refractivity contribution in [3.8, 4) is 22.4 Å². The number of pyridine rings is 2. The van der Waals surface area contributed by atoms with E-state index in [2.05, 4.69) is 128 Å². The summed E-state index contributed by atoms with van der Waals surface area (Å²) in [4.78, 5) is 9.81. The first kappa shape index (κ1) is 26.2. The van der Waals surface area contributed by atoms with E-state index in [4.69, 9.17) is 9.40 Å². The molecule has 10 aromatic rings. The van der Waals surface area contributed by atoms with Gasteiger partial charge in [0.2, 0.25) is 0 Å². The lowest BCUT2D eigenvalue weighted by atomic mass is 9.89. The van der Waals surface area contributed by atoms with Gasteiger partial charge in [-0.1, -0.05) is 84.9 Å². The summed E-state index contributed by atoms with van der Waals surface area (Å²) in [6.07, 6.45) is 1.84. The van der Waals surface area contributed by atoms with E-state index in [1.54, 1.807) is 0 Å². The summed E-state index contributed by atoms with van der Waals surface area (Å²) in [5.41, 5.74) is 10.7. The number of nitrogens with zero attached hydrogens (tertiary/aromatic N) is 2. The monoisotopic (exact) mass is 600 g/mol. The lowest BCUT2D eigenvalue weighted by Crippen LogP contribution is -1.94. The van der Waals surface area contributed by atoms with Crippen LogP contribution in [0.15, 0.2) is 138 Å². The third-order valence-corrected chi connectivity index (χ3v) is 9.92. The van der Waals surface area contributed by atoms with E-state index in [1.807, 2.05) is 24.4 Å². The second-order valence-corrected chi connectivity index (χ2v) is 12.7. The van der Waals surface area contributed by atoms with Crippen LogP contribution in [0.4, 0.5) is 0 Å². The molecule has 0 fully saturated rings. The van der Waals surface area contributed by atoms with Gasteiger partial charge in [0.25, 0.3) is 0 Å². The maximum Gasteiger partial charge on any atom is 0.136 e.